The van der Waals surface area contributed by atoms with Crippen LogP contribution in [0.3, 0.4) is 0 Å². The van der Waals surface area contributed by atoms with Gasteiger partial charge in [0.15, 0.2) is 5.82 Å². The van der Waals surface area contributed by atoms with Gasteiger partial charge in [0, 0.05) is 18.4 Å². The van der Waals surface area contributed by atoms with Crippen molar-refractivity contribution in [2.45, 2.75) is 18.9 Å². The molecule has 0 fully saturated rings. The van der Waals surface area contributed by atoms with E-state index in [9.17, 15) is 5.11 Å². The monoisotopic (exact) mass is 254 g/mol. The van der Waals surface area contributed by atoms with Crippen LogP contribution in [0.25, 0.3) is 0 Å². The first-order chi connectivity index (χ1) is 8.28. The lowest BCUT2D eigenvalue weighted by Crippen LogP contribution is -2.17. The van der Waals surface area contributed by atoms with E-state index in [-0.39, 0.29) is 6.61 Å². The first-order valence-corrected chi connectivity index (χ1v) is 6.16. The Kier molecular flexibility index (Phi) is 4.24. The van der Waals surface area contributed by atoms with Crippen LogP contribution in [0.2, 0.25) is 0 Å². The van der Waals surface area contributed by atoms with Crippen LogP contribution in [-0.4, -0.2) is 35.1 Å². The van der Waals surface area contributed by atoms with Crippen molar-refractivity contribution in [1.82, 2.24) is 10.1 Å². The summed E-state index contributed by atoms with van der Waals surface area (Å²) in [4.78, 5) is 5.41. The van der Waals surface area contributed by atoms with Crippen molar-refractivity contribution in [2.75, 3.05) is 13.7 Å². The molecule has 0 bridgehead atoms. The fraction of sp³-hybridized carbons (Fsp3) is 0.455. The van der Waals surface area contributed by atoms with Crippen LogP contribution in [0.5, 0.6) is 0 Å². The highest BCUT2D eigenvalue weighted by atomic mass is 32.1. The smallest absolute Gasteiger partial charge is 0.229 e. The van der Waals surface area contributed by atoms with Crippen molar-refractivity contribution in [3.05, 3.63) is 34.1 Å². The molecular weight excluding hydrogens is 240 g/mol. The van der Waals surface area contributed by atoms with E-state index in [1.54, 1.807) is 18.4 Å². The molecule has 2 rings (SSSR count). The van der Waals surface area contributed by atoms with E-state index >= 15 is 0 Å². The third-order valence-corrected chi connectivity index (χ3v) is 3.07. The zero-order valence-corrected chi connectivity index (χ0v) is 10.3. The van der Waals surface area contributed by atoms with Crippen LogP contribution in [0.1, 0.15) is 16.6 Å². The van der Waals surface area contributed by atoms with Crippen LogP contribution >= 0.6 is 11.3 Å². The summed E-state index contributed by atoms with van der Waals surface area (Å²) in [5.41, 5.74) is 0. The molecule has 6 heteroatoms. The molecule has 0 aliphatic rings. The van der Waals surface area contributed by atoms with Gasteiger partial charge in [0.2, 0.25) is 5.89 Å². The molecule has 5 nitrogen and oxygen atoms in total. The first kappa shape index (κ1) is 12.2. The summed E-state index contributed by atoms with van der Waals surface area (Å²) >= 11 is 1.66. The number of hydrogen-bond acceptors (Lipinski definition) is 6. The van der Waals surface area contributed by atoms with Gasteiger partial charge in [-0.2, -0.15) is 4.98 Å². The lowest BCUT2D eigenvalue weighted by atomic mass is 10.2. The lowest BCUT2D eigenvalue weighted by molar-refractivity contribution is 0.0599. The zero-order valence-electron chi connectivity index (χ0n) is 9.50. The van der Waals surface area contributed by atoms with Crippen LogP contribution in [-0.2, 0) is 17.6 Å². The number of nitrogens with zero attached hydrogens (tertiary/aromatic N) is 2. The summed E-state index contributed by atoms with van der Waals surface area (Å²) in [7, 11) is 1.54. The van der Waals surface area contributed by atoms with Gasteiger partial charge in [-0.15, -0.1) is 11.3 Å². The number of aliphatic hydroxyl groups excluding tert-OH is 1. The molecule has 1 unspecified atom stereocenters. The largest absolute Gasteiger partial charge is 0.390 e. The maximum absolute atomic E-state index is 9.52. The number of thiophene rings is 1. The van der Waals surface area contributed by atoms with Crippen molar-refractivity contribution < 1.29 is 14.4 Å². The normalized spacial score (nSPS) is 12.8. The number of methoxy groups -OCH3 is 1. The van der Waals surface area contributed by atoms with Gasteiger partial charge in [-0.3, -0.25) is 0 Å². The van der Waals surface area contributed by atoms with Gasteiger partial charge in [-0.25, -0.2) is 0 Å². The minimum Gasteiger partial charge on any atom is -0.390 e. The van der Waals surface area contributed by atoms with Gasteiger partial charge in [0.1, 0.15) is 0 Å². The Balaban J connectivity index is 1.91. The molecule has 0 aliphatic heterocycles. The lowest BCUT2D eigenvalue weighted by Gasteiger charge is -2.04. The van der Waals surface area contributed by atoms with E-state index in [1.807, 2.05) is 17.5 Å². The van der Waals surface area contributed by atoms with Crippen LogP contribution < -0.4 is 0 Å². The number of rotatable bonds is 6. The summed E-state index contributed by atoms with van der Waals surface area (Å²) in [5, 5.41) is 15.4. The first-order valence-electron chi connectivity index (χ1n) is 5.28. The minimum absolute atomic E-state index is 0.267. The topological polar surface area (TPSA) is 68.4 Å². The second-order valence-electron chi connectivity index (χ2n) is 3.67. The Morgan fingerprint density at radius 3 is 3.18 bits per heavy atom. The van der Waals surface area contributed by atoms with Crippen molar-refractivity contribution in [1.29, 1.82) is 0 Å². The van der Waals surface area contributed by atoms with E-state index in [4.69, 9.17) is 9.26 Å². The second-order valence-corrected chi connectivity index (χ2v) is 4.71. The van der Waals surface area contributed by atoms with Crippen LogP contribution in [0, 0.1) is 0 Å². The molecule has 2 heterocycles. The second kappa shape index (κ2) is 5.90. The Morgan fingerprint density at radius 2 is 2.47 bits per heavy atom. The summed E-state index contributed by atoms with van der Waals surface area (Å²) < 4.78 is 9.89. The van der Waals surface area contributed by atoms with Crippen molar-refractivity contribution in [3.8, 4) is 0 Å². The third kappa shape index (κ3) is 3.62. The summed E-state index contributed by atoms with van der Waals surface area (Å²) in [6.45, 7) is 0.267. The number of ether oxygens (including phenoxy) is 1. The molecule has 0 aromatic carbocycles. The molecule has 0 aliphatic carbocycles. The van der Waals surface area contributed by atoms with Gasteiger partial charge in [0.05, 0.1) is 19.1 Å². The standard InChI is InChI=1S/C11H14N2O3S/c1-15-7-8(14)5-11-12-10(13-16-11)6-9-3-2-4-17-9/h2-4,8,14H,5-7H2,1H3. The molecule has 2 aromatic heterocycles. The van der Waals surface area contributed by atoms with E-state index in [2.05, 4.69) is 10.1 Å². The van der Waals surface area contributed by atoms with E-state index in [1.165, 1.54) is 4.88 Å². The molecule has 0 saturated carbocycles. The highest BCUT2D eigenvalue weighted by molar-refractivity contribution is 7.09. The van der Waals surface area contributed by atoms with Crippen molar-refractivity contribution in [3.63, 3.8) is 0 Å². The Bertz CT molecular complexity index is 441. The van der Waals surface area contributed by atoms with Gasteiger partial charge in [-0.1, -0.05) is 11.2 Å². The van der Waals surface area contributed by atoms with Crippen molar-refractivity contribution in [2.24, 2.45) is 0 Å². The van der Waals surface area contributed by atoms with Gasteiger partial charge in [-0.05, 0) is 11.4 Å². The summed E-state index contributed by atoms with van der Waals surface area (Å²) in [5.74, 6) is 1.09. The Labute approximate surface area is 103 Å². The zero-order chi connectivity index (χ0) is 12.1. The van der Waals surface area contributed by atoms with E-state index < -0.39 is 6.10 Å². The van der Waals surface area contributed by atoms with Gasteiger partial charge < -0.3 is 14.4 Å². The Hall–Kier alpha value is -1.24. The number of hydrogen-bond donors (Lipinski definition) is 1. The SMILES string of the molecule is COCC(O)Cc1nc(Cc2cccs2)no1. The third-order valence-electron chi connectivity index (χ3n) is 2.19. The molecular formula is C11H14N2O3S. The average molecular weight is 254 g/mol. The number of aliphatic hydroxyl groups is 1. The predicted octanol–water partition coefficient (Wildman–Crippen LogP) is 1.27. The molecule has 0 saturated heterocycles. The van der Waals surface area contributed by atoms with Crippen LogP contribution in [0.4, 0.5) is 0 Å². The molecule has 0 radical (unpaired) electrons. The summed E-state index contributed by atoms with van der Waals surface area (Å²) in [6.07, 6.45) is 0.391. The van der Waals surface area contributed by atoms with Crippen molar-refractivity contribution >= 4 is 11.3 Å². The average Bonchev–Trinajstić information content (AvgIpc) is 2.91. The molecule has 0 spiro atoms. The summed E-state index contributed by atoms with van der Waals surface area (Å²) in [6, 6.07) is 4.02. The molecule has 0 amide bonds. The van der Waals surface area contributed by atoms with Gasteiger partial charge in [0.25, 0.3) is 0 Å². The van der Waals surface area contributed by atoms with E-state index in [0.717, 1.165) is 0 Å². The minimum atomic E-state index is -0.602. The molecule has 2 aromatic rings. The Morgan fingerprint density at radius 1 is 1.59 bits per heavy atom. The number of aromatic nitrogens is 2. The molecule has 17 heavy (non-hydrogen) atoms. The highest BCUT2D eigenvalue weighted by Crippen LogP contribution is 2.13. The fourth-order valence-electron chi connectivity index (χ4n) is 1.47. The predicted molar refractivity (Wildman–Crippen MR) is 63.0 cm³/mol. The van der Waals surface area contributed by atoms with Gasteiger partial charge >= 0.3 is 0 Å². The maximum atomic E-state index is 9.52. The highest BCUT2D eigenvalue weighted by Gasteiger charge is 2.12. The quantitative estimate of drug-likeness (QED) is 0.840. The molecule has 1 N–H and O–H groups in total. The van der Waals surface area contributed by atoms with E-state index in [0.29, 0.717) is 24.6 Å². The fourth-order valence-corrected chi connectivity index (χ4v) is 2.17. The molecule has 1 atom stereocenters. The van der Waals surface area contributed by atoms with Crippen LogP contribution in [0.15, 0.2) is 22.0 Å². The maximum Gasteiger partial charge on any atom is 0.229 e. The molecule has 92 valence electrons.